The van der Waals surface area contributed by atoms with E-state index in [-0.39, 0.29) is 0 Å². The van der Waals surface area contributed by atoms with E-state index < -0.39 is 0 Å². The first-order chi connectivity index (χ1) is 22.8. The van der Waals surface area contributed by atoms with Crippen LogP contribution in [0.4, 0.5) is 17.1 Å². The van der Waals surface area contributed by atoms with Crippen LogP contribution >= 0.6 is 0 Å². The molecule has 0 bridgehead atoms. The zero-order chi connectivity index (χ0) is 30.5. The summed E-state index contributed by atoms with van der Waals surface area (Å²) >= 11 is 0. The van der Waals surface area contributed by atoms with Crippen molar-refractivity contribution in [3.63, 3.8) is 0 Å². The molecule has 1 aromatic heterocycles. The standard InChI is InChI=1S/C44H30N2/c1-2-10-31(11-3-1)32-20-23-35(24-21-32)45(38-25-22-34-19-18-33-12-4-5-13-39(33)42(34)30-38)36-26-28-37(29-27-36)46-43-16-8-6-14-40(43)41-15-7-9-17-44(41)46/h1-30H. The number of nitrogens with zero attached hydrogens (tertiary/aromatic N) is 2. The number of hydrogen-bond acceptors (Lipinski definition) is 1. The summed E-state index contributed by atoms with van der Waals surface area (Å²) in [5, 5.41) is 7.55. The minimum atomic E-state index is 1.11. The monoisotopic (exact) mass is 586 g/mol. The Morgan fingerprint density at radius 1 is 0.326 bits per heavy atom. The highest BCUT2D eigenvalue weighted by Gasteiger charge is 2.16. The van der Waals surface area contributed by atoms with Crippen LogP contribution in [0.15, 0.2) is 182 Å². The zero-order valence-corrected chi connectivity index (χ0v) is 25.2. The number of anilines is 3. The molecule has 0 fully saturated rings. The third-order valence-corrected chi connectivity index (χ3v) is 9.17. The fourth-order valence-corrected chi connectivity index (χ4v) is 6.96. The van der Waals surface area contributed by atoms with Crippen LogP contribution in [-0.4, -0.2) is 4.57 Å². The largest absolute Gasteiger partial charge is 0.310 e. The van der Waals surface area contributed by atoms with E-state index in [4.69, 9.17) is 0 Å². The third-order valence-electron chi connectivity index (χ3n) is 9.17. The lowest BCUT2D eigenvalue weighted by Crippen LogP contribution is -2.10. The van der Waals surface area contributed by atoms with E-state index in [1.807, 2.05) is 0 Å². The number of para-hydroxylation sites is 2. The Balaban J connectivity index is 1.20. The van der Waals surface area contributed by atoms with Crippen LogP contribution in [0.3, 0.4) is 0 Å². The highest BCUT2D eigenvalue weighted by atomic mass is 15.1. The summed E-state index contributed by atoms with van der Waals surface area (Å²) in [6, 6.07) is 65.7. The van der Waals surface area contributed by atoms with E-state index in [0.717, 1.165) is 22.7 Å². The highest BCUT2D eigenvalue weighted by molar-refractivity contribution is 6.10. The summed E-state index contributed by atoms with van der Waals surface area (Å²) in [7, 11) is 0. The summed E-state index contributed by atoms with van der Waals surface area (Å²) in [6.07, 6.45) is 0. The number of benzene rings is 8. The molecular weight excluding hydrogens is 556 g/mol. The fraction of sp³-hybridized carbons (Fsp3) is 0. The molecule has 0 aliphatic heterocycles. The molecular formula is C44H30N2. The molecule has 0 saturated carbocycles. The van der Waals surface area contributed by atoms with Crippen molar-refractivity contribution in [1.82, 2.24) is 4.57 Å². The van der Waals surface area contributed by atoms with Gasteiger partial charge in [0.1, 0.15) is 0 Å². The van der Waals surface area contributed by atoms with Crippen molar-refractivity contribution in [2.45, 2.75) is 0 Å². The second-order valence-corrected chi connectivity index (χ2v) is 11.8. The molecule has 0 aliphatic carbocycles. The van der Waals surface area contributed by atoms with Gasteiger partial charge in [0.15, 0.2) is 0 Å². The predicted molar refractivity (Wildman–Crippen MR) is 196 cm³/mol. The maximum atomic E-state index is 2.37. The molecule has 1 heterocycles. The molecule has 2 heteroatoms. The second-order valence-electron chi connectivity index (χ2n) is 11.8. The number of fused-ring (bicyclic) bond motifs is 6. The van der Waals surface area contributed by atoms with E-state index in [2.05, 4.69) is 191 Å². The van der Waals surface area contributed by atoms with Crippen LogP contribution in [0.1, 0.15) is 0 Å². The Morgan fingerprint density at radius 2 is 0.804 bits per heavy atom. The smallest absolute Gasteiger partial charge is 0.0541 e. The number of rotatable bonds is 5. The molecule has 0 amide bonds. The lowest BCUT2D eigenvalue weighted by atomic mass is 10.0. The first-order valence-corrected chi connectivity index (χ1v) is 15.8. The summed E-state index contributed by atoms with van der Waals surface area (Å²) < 4.78 is 2.37. The van der Waals surface area contributed by atoms with Gasteiger partial charge >= 0.3 is 0 Å². The zero-order valence-electron chi connectivity index (χ0n) is 25.2. The van der Waals surface area contributed by atoms with Gasteiger partial charge in [-0.15, -0.1) is 0 Å². The normalized spacial score (nSPS) is 11.5. The molecule has 8 aromatic carbocycles. The molecule has 2 nitrogen and oxygen atoms in total. The first kappa shape index (κ1) is 26.3. The van der Waals surface area contributed by atoms with Gasteiger partial charge < -0.3 is 9.47 Å². The lowest BCUT2D eigenvalue weighted by molar-refractivity contribution is 1.17. The minimum absolute atomic E-state index is 1.11. The Hall–Kier alpha value is -6.12. The first-order valence-electron chi connectivity index (χ1n) is 15.8. The maximum Gasteiger partial charge on any atom is 0.0541 e. The average Bonchev–Trinajstić information content (AvgIpc) is 3.47. The number of hydrogen-bond donors (Lipinski definition) is 0. The van der Waals surface area contributed by atoms with Gasteiger partial charge in [0.05, 0.1) is 11.0 Å². The Bertz CT molecular complexity index is 2450. The molecule has 0 spiro atoms. The van der Waals surface area contributed by atoms with Crippen LogP contribution < -0.4 is 4.90 Å². The topological polar surface area (TPSA) is 8.17 Å². The van der Waals surface area contributed by atoms with E-state index >= 15 is 0 Å². The minimum Gasteiger partial charge on any atom is -0.310 e. The molecule has 0 radical (unpaired) electrons. The SMILES string of the molecule is c1ccc(-c2ccc(N(c3ccc(-n4c5ccccc5c5ccccc54)cc3)c3ccc4ccc5ccccc5c4c3)cc2)cc1. The average molecular weight is 587 g/mol. The van der Waals surface area contributed by atoms with Crippen molar-refractivity contribution < 1.29 is 0 Å². The highest BCUT2D eigenvalue weighted by Crippen LogP contribution is 2.39. The molecule has 0 atom stereocenters. The van der Waals surface area contributed by atoms with Crippen molar-refractivity contribution >= 4 is 60.4 Å². The van der Waals surface area contributed by atoms with Gasteiger partial charge in [-0.2, -0.15) is 0 Å². The molecule has 9 rings (SSSR count). The van der Waals surface area contributed by atoms with Crippen molar-refractivity contribution in [2.24, 2.45) is 0 Å². The van der Waals surface area contributed by atoms with Crippen molar-refractivity contribution in [3.05, 3.63) is 182 Å². The summed E-state index contributed by atoms with van der Waals surface area (Å²) in [4.78, 5) is 2.37. The van der Waals surface area contributed by atoms with Crippen LogP contribution in [0.25, 0.3) is 60.2 Å². The van der Waals surface area contributed by atoms with Gasteiger partial charge in [0, 0.05) is 33.5 Å². The van der Waals surface area contributed by atoms with Crippen LogP contribution in [0.5, 0.6) is 0 Å². The molecule has 0 aliphatic rings. The molecule has 0 N–H and O–H groups in total. The Labute approximate surface area is 268 Å². The molecule has 46 heavy (non-hydrogen) atoms. The number of aromatic nitrogens is 1. The van der Waals surface area contributed by atoms with Gasteiger partial charge in [-0.1, -0.05) is 121 Å². The predicted octanol–water partition coefficient (Wildman–Crippen LogP) is 12.2. The molecule has 9 aromatic rings. The Kier molecular flexibility index (Phi) is 6.17. The van der Waals surface area contributed by atoms with Crippen LogP contribution in [-0.2, 0) is 0 Å². The van der Waals surface area contributed by atoms with Gasteiger partial charge in [0.25, 0.3) is 0 Å². The van der Waals surface area contributed by atoms with Crippen LogP contribution in [0.2, 0.25) is 0 Å². The van der Waals surface area contributed by atoms with Crippen molar-refractivity contribution in [3.8, 4) is 16.8 Å². The fourth-order valence-electron chi connectivity index (χ4n) is 6.96. The Morgan fingerprint density at radius 3 is 1.48 bits per heavy atom. The van der Waals surface area contributed by atoms with Gasteiger partial charge in [-0.3, -0.25) is 0 Å². The summed E-state index contributed by atoms with van der Waals surface area (Å²) in [5.41, 5.74) is 9.34. The maximum absolute atomic E-state index is 2.37. The van der Waals surface area contributed by atoms with Gasteiger partial charge in [0.2, 0.25) is 0 Å². The lowest BCUT2D eigenvalue weighted by Gasteiger charge is -2.26. The second kappa shape index (κ2) is 10.8. The molecule has 0 saturated heterocycles. The third kappa shape index (κ3) is 4.35. The van der Waals surface area contributed by atoms with Crippen molar-refractivity contribution in [1.29, 1.82) is 0 Å². The quantitative estimate of drug-likeness (QED) is 0.182. The summed E-state index contributed by atoms with van der Waals surface area (Å²) in [5.74, 6) is 0. The van der Waals surface area contributed by atoms with Crippen molar-refractivity contribution in [2.75, 3.05) is 4.90 Å². The molecule has 0 unspecified atom stereocenters. The van der Waals surface area contributed by atoms with Gasteiger partial charge in [-0.25, -0.2) is 0 Å². The summed E-state index contributed by atoms with van der Waals surface area (Å²) in [6.45, 7) is 0. The van der Waals surface area contributed by atoms with E-state index in [0.29, 0.717) is 0 Å². The van der Waals surface area contributed by atoms with E-state index in [1.165, 1.54) is 54.5 Å². The van der Waals surface area contributed by atoms with E-state index in [1.54, 1.807) is 0 Å². The van der Waals surface area contributed by atoms with Crippen LogP contribution in [0, 0.1) is 0 Å². The molecule has 216 valence electrons. The van der Waals surface area contributed by atoms with E-state index in [9.17, 15) is 0 Å². The van der Waals surface area contributed by atoms with Gasteiger partial charge in [-0.05, 0) is 93.3 Å².